The van der Waals surface area contributed by atoms with Crippen molar-refractivity contribution in [1.29, 1.82) is 0 Å². The van der Waals surface area contributed by atoms with Crippen molar-refractivity contribution in [3.05, 3.63) is 23.7 Å². The quantitative estimate of drug-likeness (QED) is 0.292. The minimum absolute atomic E-state index is 0.728. The molecule has 5 nitrogen and oxygen atoms in total. The van der Waals surface area contributed by atoms with Crippen molar-refractivity contribution >= 4 is 18.6 Å². The third-order valence-corrected chi connectivity index (χ3v) is 7.84. The lowest BCUT2D eigenvalue weighted by atomic mass is 10.2. The molecule has 0 spiro atoms. The van der Waals surface area contributed by atoms with Crippen LogP contribution >= 0.6 is 0 Å². The second-order valence-electron chi connectivity index (χ2n) is 5.82. The van der Waals surface area contributed by atoms with Crippen molar-refractivity contribution in [2.75, 3.05) is 26.4 Å². The molecule has 0 heterocycles. The van der Waals surface area contributed by atoms with E-state index in [9.17, 15) is 0 Å². The molecule has 0 aromatic heterocycles. The predicted octanol–water partition coefficient (Wildman–Crippen LogP) is 4.18. The van der Waals surface area contributed by atoms with Gasteiger partial charge in [-0.3, -0.25) is 0 Å². The zero-order valence-corrected chi connectivity index (χ0v) is 19.3. The van der Waals surface area contributed by atoms with Crippen LogP contribution in [0.25, 0.3) is 0 Å². The van der Waals surface area contributed by atoms with Gasteiger partial charge in [-0.25, -0.2) is 0 Å². The van der Waals surface area contributed by atoms with Crippen LogP contribution in [0.5, 0.6) is 0 Å². The molecule has 0 fully saturated rings. The van der Waals surface area contributed by atoms with Crippen LogP contribution in [-0.2, 0) is 22.4 Å². The van der Waals surface area contributed by atoms with Gasteiger partial charge in [0.2, 0.25) is 0 Å². The predicted molar refractivity (Wildman–Crippen MR) is 108 cm³/mol. The van der Waals surface area contributed by atoms with Crippen molar-refractivity contribution in [1.82, 2.24) is 0 Å². The fourth-order valence-corrected chi connectivity index (χ4v) is 5.98. The largest absolute Gasteiger partial charge is 0.473 e. The van der Waals surface area contributed by atoms with Crippen LogP contribution in [0.1, 0.15) is 54.4 Å². The van der Waals surface area contributed by atoms with Gasteiger partial charge in [0.15, 0.2) is 0 Å². The maximum absolute atomic E-state index is 5.69. The standard InChI is InChI=1S/C18H38O5Si2/c1-7-20-24(21-8-2)13-11-17(5)15-19-16-18(6)12-14-25(22-9-3)23-10-4/h15-16,24-25H,7-14H2,1-6H3. The molecule has 0 aromatic rings. The Morgan fingerprint density at radius 2 is 0.960 bits per heavy atom. The van der Waals surface area contributed by atoms with Crippen LogP contribution in [0, 0.1) is 0 Å². The van der Waals surface area contributed by atoms with Crippen molar-refractivity contribution in [3.63, 3.8) is 0 Å². The monoisotopic (exact) mass is 390 g/mol. The molecule has 0 aliphatic rings. The lowest BCUT2D eigenvalue weighted by molar-refractivity contribution is 0.213. The zero-order valence-electron chi connectivity index (χ0n) is 17.0. The molecule has 0 unspecified atom stereocenters. The van der Waals surface area contributed by atoms with Gasteiger partial charge in [0.1, 0.15) is 0 Å². The van der Waals surface area contributed by atoms with Gasteiger partial charge in [-0.15, -0.1) is 0 Å². The molecule has 0 N–H and O–H groups in total. The minimum atomic E-state index is -1.52. The van der Waals surface area contributed by atoms with E-state index in [0.29, 0.717) is 0 Å². The molecule has 0 saturated heterocycles. The number of allylic oxidation sites excluding steroid dienone is 2. The highest BCUT2D eigenvalue weighted by Gasteiger charge is 2.12. The Bertz CT molecular complexity index is 328. The summed E-state index contributed by atoms with van der Waals surface area (Å²) in [5.41, 5.74) is 2.41. The summed E-state index contributed by atoms with van der Waals surface area (Å²) in [5, 5.41) is 0. The smallest absolute Gasteiger partial charge is 0.321 e. The molecule has 0 aliphatic carbocycles. The van der Waals surface area contributed by atoms with Gasteiger partial charge in [0.05, 0.1) is 12.5 Å². The van der Waals surface area contributed by atoms with E-state index in [1.807, 2.05) is 40.2 Å². The molecule has 0 atom stereocenters. The Balaban J connectivity index is 4.16. The molecule has 0 bridgehead atoms. The first kappa shape index (κ1) is 24.6. The molecule has 0 aliphatic heterocycles. The second kappa shape index (κ2) is 17.0. The van der Waals surface area contributed by atoms with Gasteiger partial charge in [-0.2, -0.15) is 0 Å². The Labute approximate surface area is 158 Å². The number of hydrogen-bond acceptors (Lipinski definition) is 5. The molecular weight excluding hydrogens is 352 g/mol. The number of ether oxygens (including phenoxy) is 1. The summed E-state index contributed by atoms with van der Waals surface area (Å²) in [4.78, 5) is 0. The third kappa shape index (κ3) is 14.4. The van der Waals surface area contributed by atoms with Crippen molar-refractivity contribution in [3.8, 4) is 0 Å². The summed E-state index contributed by atoms with van der Waals surface area (Å²) in [6, 6.07) is 1.96. The van der Waals surface area contributed by atoms with Gasteiger partial charge < -0.3 is 22.4 Å². The van der Waals surface area contributed by atoms with E-state index in [2.05, 4.69) is 13.8 Å². The third-order valence-electron chi connectivity index (χ3n) is 3.50. The maximum Gasteiger partial charge on any atom is 0.321 e. The molecule has 0 rings (SSSR count). The topological polar surface area (TPSA) is 46.2 Å². The highest BCUT2D eigenvalue weighted by atomic mass is 28.3. The van der Waals surface area contributed by atoms with E-state index in [1.165, 1.54) is 11.1 Å². The maximum atomic E-state index is 5.69. The number of hydrogen-bond donors (Lipinski definition) is 0. The summed E-state index contributed by atoms with van der Waals surface area (Å²) >= 11 is 0. The lowest BCUT2D eigenvalue weighted by Crippen LogP contribution is -2.22. The Kier molecular flexibility index (Phi) is 16.7. The van der Waals surface area contributed by atoms with Gasteiger partial charge in [0, 0.05) is 26.4 Å². The average molecular weight is 391 g/mol. The van der Waals surface area contributed by atoms with E-state index in [4.69, 9.17) is 22.4 Å². The summed E-state index contributed by atoms with van der Waals surface area (Å²) < 4.78 is 28.4. The molecule has 0 radical (unpaired) electrons. The first-order valence-corrected chi connectivity index (χ1v) is 13.0. The van der Waals surface area contributed by atoms with Crippen molar-refractivity contribution in [2.24, 2.45) is 0 Å². The van der Waals surface area contributed by atoms with E-state index < -0.39 is 18.6 Å². The molecule has 0 amide bonds. The average Bonchev–Trinajstić information content (AvgIpc) is 2.58. The lowest BCUT2D eigenvalue weighted by Gasteiger charge is -2.14. The summed E-state index contributed by atoms with van der Waals surface area (Å²) in [6.07, 6.45) is 5.56. The van der Waals surface area contributed by atoms with Gasteiger partial charge in [-0.05, 0) is 77.6 Å². The van der Waals surface area contributed by atoms with Crippen molar-refractivity contribution in [2.45, 2.75) is 66.5 Å². The van der Waals surface area contributed by atoms with Gasteiger partial charge >= 0.3 is 18.6 Å². The minimum Gasteiger partial charge on any atom is -0.473 e. The van der Waals surface area contributed by atoms with Gasteiger partial charge in [-0.1, -0.05) is 0 Å². The molecule has 0 saturated carbocycles. The fourth-order valence-electron chi connectivity index (χ4n) is 2.25. The number of rotatable bonds is 16. The Hall–Kier alpha value is -0.446. The summed E-state index contributed by atoms with van der Waals surface area (Å²) in [5.74, 6) is 0. The molecule has 148 valence electrons. The Morgan fingerprint density at radius 3 is 1.24 bits per heavy atom. The first-order chi connectivity index (χ1) is 12.1. The molecule has 25 heavy (non-hydrogen) atoms. The first-order valence-electron chi connectivity index (χ1n) is 9.50. The van der Waals surface area contributed by atoms with E-state index >= 15 is 0 Å². The van der Waals surface area contributed by atoms with Gasteiger partial charge in [0.25, 0.3) is 0 Å². The molecule has 0 aromatic carbocycles. The second-order valence-corrected chi connectivity index (χ2v) is 10.0. The van der Waals surface area contributed by atoms with Crippen LogP contribution in [0.4, 0.5) is 0 Å². The zero-order chi connectivity index (χ0) is 18.9. The van der Waals surface area contributed by atoms with E-state index in [0.717, 1.165) is 51.4 Å². The van der Waals surface area contributed by atoms with E-state index in [1.54, 1.807) is 0 Å². The van der Waals surface area contributed by atoms with Crippen LogP contribution in [0.2, 0.25) is 12.1 Å². The fraction of sp³-hybridized carbons (Fsp3) is 0.778. The summed E-state index contributed by atoms with van der Waals surface area (Å²) in [6.45, 7) is 15.1. The van der Waals surface area contributed by atoms with Crippen LogP contribution in [-0.4, -0.2) is 45.0 Å². The SMILES string of the molecule is CCO[SiH](CCC(C)=COC=C(C)CC[SiH](OCC)OCC)OCC. The van der Waals surface area contributed by atoms with Crippen LogP contribution in [0.15, 0.2) is 23.7 Å². The highest BCUT2D eigenvalue weighted by Crippen LogP contribution is 2.12. The molecule has 7 heteroatoms. The van der Waals surface area contributed by atoms with Crippen LogP contribution in [0.3, 0.4) is 0 Å². The van der Waals surface area contributed by atoms with E-state index in [-0.39, 0.29) is 0 Å². The van der Waals surface area contributed by atoms with Crippen LogP contribution < -0.4 is 0 Å². The highest BCUT2D eigenvalue weighted by molar-refractivity contribution is 6.44. The Morgan fingerprint density at radius 1 is 0.640 bits per heavy atom. The normalized spacial score (nSPS) is 13.1. The summed E-state index contributed by atoms with van der Waals surface area (Å²) in [7, 11) is -3.03. The van der Waals surface area contributed by atoms with Crippen molar-refractivity contribution < 1.29 is 22.4 Å². The molecular formula is C18H38O5Si2.